The Morgan fingerprint density at radius 2 is 1.25 bits per heavy atom. The molecule has 24 heteroatoms. The summed E-state index contributed by atoms with van der Waals surface area (Å²) in [6, 6.07) is -4.73. The predicted octanol–water partition coefficient (Wildman–Crippen LogP) is -3.80. The molecule has 1 fully saturated rings. The van der Waals surface area contributed by atoms with Gasteiger partial charge in [-0.3, -0.25) is 47.9 Å². The molecular formula is C40H60N10O14. The first kappa shape index (κ1) is 53.3. The lowest BCUT2D eigenvalue weighted by Crippen LogP contribution is -2.60. The van der Waals surface area contributed by atoms with Crippen molar-refractivity contribution in [3.05, 3.63) is 29.8 Å². The Bertz CT molecular complexity index is 1900. The topological polar surface area (TPSA) is 402 Å². The number of benzene rings is 1. The number of hydrogen-bond acceptors (Lipinski definition) is 13. The minimum Gasteiger partial charge on any atom is -0.508 e. The lowest BCUT2D eigenvalue weighted by Gasteiger charge is -2.30. The minimum atomic E-state index is -1.77. The van der Waals surface area contributed by atoms with E-state index in [1.54, 1.807) is 13.8 Å². The third-order valence-electron chi connectivity index (χ3n) is 10.7. The van der Waals surface area contributed by atoms with Gasteiger partial charge in [0.25, 0.3) is 0 Å². The van der Waals surface area contributed by atoms with Crippen molar-refractivity contribution < 1.29 is 68.1 Å². The van der Waals surface area contributed by atoms with Gasteiger partial charge in [-0.2, -0.15) is 0 Å². The fourth-order valence-electron chi connectivity index (χ4n) is 6.57. The number of likely N-dealkylation sites (tertiary alicyclic amines) is 1. The van der Waals surface area contributed by atoms with Crippen LogP contribution < -0.4 is 49.1 Å². The Labute approximate surface area is 368 Å². The molecule has 9 atom stereocenters. The maximum Gasteiger partial charge on any atom is 0.326 e. The first-order valence-electron chi connectivity index (χ1n) is 20.6. The first-order valence-corrected chi connectivity index (χ1v) is 20.6. The van der Waals surface area contributed by atoms with Crippen molar-refractivity contribution in [2.75, 3.05) is 13.1 Å². The molecule has 0 aliphatic carbocycles. The van der Waals surface area contributed by atoms with E-state index in [0.29, 0.717) is 24.8 Å². The molecule has 24 nitrogen and oxygen atoms in total. The zero-order chi connectivity index (χ0) is 48.4. The number of hydrogen-bond donors (Lipinski definition) is 12. The number of nitrogens with one attached hydrogen (secondary N) is 6. The van der Waals surface area contributed by atoms with Crippen LogP contribution in [0.2, 0.25) is 0 Å². The third-order valence-corrected chi connectivity index (χ3v) is 10.7. The van der Waals surface area contributed by atoms with Gasteiger partial charge >= 0.3 is 11.9 Å². The smallest absolute Gasteiger partial charge is 0.326 e. The monoisotopic (exact) mass is 904 g/mol. The molecule has 1 aliphatic rings. The van der Waals surface area contributed by atoms with Crippen molar-refractivity contribution in [1.29, 1.82) is 0 Å². The summed E-state index contributed by atoms with van der Waals surface area (Å²) >= 11 is 0. The summed E-state index contributed by atoms with van der Waals surface area (Å²) in [5.41, 5.74) is 17.2. The maximum atomic E-state index is 13.9. The van der Waals surface area contributed by atoms with Crippen LogP contribution in [0.4, 0.5) is 0 Å². The highest BCUT2D eigenvalue weighted by molar-refractivity contribution is 5.99. The molecule has 9 amide bonds. The molecule has 64 heavy (non-hydrogen) atoms. The van der Waals surface area contributed by atoms with E-state index in [-0.39, 0.29) is 31.1 Å². The number of carboxylic acid groups (broad SMARTS) is 2. The molecule has 0 spiro atoms. The maximum absolute atomic E-state index is 13.9. The van der Waals surface area contributed by atoms with Gasteiger partial charge in [0, 0.05) is 13.0 Å². The quantitative estimate of drug-likeness (QED) is 0.0424. The van der Waals surface area contributed by atoms with Gasteiger partial charge in [0.15, 0.2) is 0 Å². The number of aromatic hydroxyl groups is 1. The van der Waals surface area contributed by atoms with E-state index >= 15 is 0 Å². The van der Waals surface area contributed by atoms with E-state index in [0.717, 1.165) is 4.90 Å². The Morgan fingerprint density at radius 1 is 0.703 bits per heavy atom. The molecule has 1 aromatic carbocycles. The number of nitrogens with two attached hydrogens (primary N) is 3. The highest BCUT2D eigenvalue weighted by Gasteiger charge is 2.40. The van der Waals surface area contributed by atoms with Gasteiger partial charge in [-0.1, -0.05) is 52.7 Å². The number of phenols is 1. The van der Waals surface area contributed by atoms with Crippen LogP contribution in [0.15, 0.2) is 24.3 Å². The molecule has 354 valence electrons. The highest BCUT2D eigenvalue weighted by Crippen LogP contribution is 2.21. The first-order chi connectivity index (χ1) is 30.0. The number of carboxylic acids is 2. The van der Waals surface area contributed by atoms with Gasteiger partial charge in [0.05, 0.1) is 31.8 Å². The number of phenolic OH excluding ortho intramolecular Hbond substituents is 1. The van der Waals surface area contributed by atoms with Gasteiger partial charge in [-0.25, -0.2) is 4.79 Å². The second kappa shape index (κ2) is 25.3. The van der Waals surface area contributed by atoms with Gasteiger partial charge in [-0.15, -0.1) is 0 Å². The van der Waals surface area contributed by atoms with E-state index < -0.39 is 139 Å². The third kappa shape index (κ3) is 16.8. The molecule has 1 aromatic rings. The fourth-order valence-corrected chi connectivity index (χ4v) is 6.57. The standard InChI is InChI=1S/C40H60N10O14/c1-5-19(3)32(43)38(61)48-26(16-29(42)53)39(62)50-13-7-8-27(50)37(60)47-23(14-21-9-11-22(51)12-10-21)35(58)46-24(15-28(41)52)34(57)44-18-30(54)45-25(17-31(55)56)36(59)49-33(40(63)64)20(4)6-2/h9-12,19-20,23-27,32-33,51H,5-8,13-18,43H2,1-4H3,(H2,41,52)(H2,42,53)(H,44,57)(H,45,54)(H,46,58)(H,47,60)(H,48,61)(H,49,59)(H,55,56)(H,63,64)/t19-,20-,23-,24-,25-,26-,27-,32-,33-/m0/s1. The molecule has 1 heterocycles. The molecule has 0 aromatic heterocycles. The molecule has 0 radical (unpaired) electrons. The number of primary amides is 2. The van der Waals surface area contributed by atoms with Crippen LogP contribution in [-0.2, 0) is 59.2 Å². The summed E-state index contributed by atoms with van der Waals surface area (Å²) < 4.78 is 0. The Hall–Kier alpha value is -6.85. The number of nitrogens with zero attached hydrogens (tertiary/aromatic N) is 1. The average molecular weight is 905 g/mol. The normalized spacial score (nSPS) is 17.1. The van der Waals surface area contributed by atoms with Gasteiger partial charge in [-0.05, 0) is 42.4 Å². The van der Waals surface area contributed by atoms with E-state index in [4.69, 9.17) is 17.2 Å². The number of rotatable bonds is 26. The van der Waals surface area contributed by atoms with Crippen LogP contribution in [0.1, 0.15) is 78.2 Å². The summed E-state index contributed by atoms with van der Waals surface area (Å²) in [4.78, 5) is 142. The zero-order valence-corrected chi connectivity index (χ0v) is 36.1. The van der Waals surface area contributed by atoms with Gasteiger partial charge in [0.2, 0.25) is 53.2 Å². The van der Waals surface area contributed by atoms with E-state index in [1.165, 1.54) is 31.2 Å². The Kier molecular flexibility index (Phi) is 21.1. The van der Waals surface area contributed by atoms with Gasteiger partial charge in [0.1, 0.15) is 42.0 Å². The van der Waals surface area contributed by atoms with Crippen molar-refractivity contribution in [2.24, 2.45) is 29.0 Å². The predicted molar refractivity (Wildman–Crippen MR) is 224 cm³/mol. The second-order valence-electron chi connectivity index (χ2n) is 15.6. The summed E-state index contributed by atoms with van der Waals surface area (Å²) in [5, 5.41) is 42.5. The summed E-state index contributed by atoms with van der Waals surface area (Å²) in [6.45, 7) is 5.83. The minimum absolute atomic E-state index is 0.0192. The number of carbonyl (C=O) groups is 11. The average Bonchev–Trinajstić information content (AvgIpc) is 3.73. The molecule has 0 saturated carbocycles. The van der Waals surface area contributed by atoms with Crippen LogP contribution in [0.3, 0.4) is 0 Å². The SMILES string of the molecule is CC[C@H](C)[C@H](N)C(=O)N[C@@H](CC(N)=O)C(=O)N1CCC[C@H]1C(=O)N[C@@H](Cc1ccc(O)cc1)C(=O)N[C@@H](CC(N)=O)C(=O)NCC(=O)N[C@@H](CC(=O)O)C(=O)N[C@H](C(=O)O)[C@@H](C)CC. The highest BCUT2D eigenvalue weighted by atomic mass is 16.4. The Balaban J connectivity index is 2.31. The molecule has 2 rings (SSSR count). The van der Waals surface area contributed by atoms with E-state index in [2.05, 4.69) is 31.9 Å². The summed E-state index contributed by atoms with van der Waals surface area (Å²) in [5.74, 6) is -12.7. The lowest BCUT2D eigenvalue weighted by atomic mass is 9.98. The molecule has 15 N–H and O–H groups in total. The number of aliphatic carboxylic acids is 2. The number of amides is 9. The Morgan fingerprint density at radius 3 is 1.80 bits per heavy atom. The lowest BCUT2D eigenvalue weighted by molar-refractivity contribution is -0.144. The van der Waals surface area contributed by atoms with Crippen molar-refractivity contribution in [3.63, 3.8) is 0 Å². The van der Waals surface area contributed by atoms with E-state index in [9.17, 15) is 68.1 Å². The van der Waals surface area contributed by atoms with Crippen LogP contribution in [0, 0.1) is 11.8 Å². The molecule has 0 bridgehead atoms. The fraction of sp³-hybridized carbons (Fsp3) is 0.575. The van der Waals surface area contributed by atoms with Crippen molar-refractivity contribution >= 4 is 65.1 Å². The van der Waals surface area contributed by atoms with Crippen LogP contribution in [-0.4, -0.2) is 141 Å². The van der Waals surface area contributed by atoms with Crippen molar-refractivity contribution in [1.82, 2.24) is 36.8 Å². The summed E-state index contributed by atoms with van der Waals surface area (Å²) in [6.07, 6.45) is -1.39. The zero-order valence-electron chi connectivity index (χ0n) is 36.1. The van der Waals surface area contributed by atoms with Crippen LogP contribution in [0.25, 0.3) is 0 Å². The molecule has 1 aliphatic heterocycles. The second-order valence-corrected chi connectivity index (χ2v) is 15.6. The molecular weight excluding hydrogens is 844 g/mol. The largest absolute Gasteiger partial charge is 0.508 e. The van der Waals surface area contributed by atoms with Crippen molar-refractivity contribution in [3.8, 4) is 5.75 Å². The van der Waals surface area contributed by atoms with Crippen LogP contribution >= 0.6 is 0 Å². The van der Waals surface area contributed by atoms with Gasteiger partial charge < -0.3 is 69.3 Å². The molecule has 0 unspecified atom stereocenters. The molecule has 1 saturated heterocycles. The van der Waals surface area contributed by atoms with Crippen LogP contribution in [0.5, 0.6) is 5.75 Å². The van der Waals surface area contributed by atoms with Crippen molar-refractivity contribution in [2.45, 2.75) is 121 Å². The number of carbonyl (C=O) groups excluding carboxylic acids is 9. The van der Waals surface area contributed by atoms with E-state index in [1.807, 2.05) is 6.92 Å². The summed E-state index contributed by atoms with van der Waals surface area (Å²) in [7, 11) is 0.